The van der Waals surface area contributed by atoms with Gasteiger partial charge in [-0.25, -0.2) is 4.39 Å². The molecule has 1 atom stereocenters. The first-order valence-electron chi connectivity index (χ1n) is 8.27. The van der Waals surface area contributed by atoms with Crippen LogP contribution in [0.2, 0.25) is 0 Å². The van der Waals surface area contributed by atoms with E-state index < -0.39 is 0 Å². The normalized spacial score (nSPS) is 12.3. The second-order valence-corrected chi connectivity index (χ2v) is 6.78. The van der Waals surface area contributed by atoms with Crippen molar-refractivity contribution in [1.29, 1.82) is 0 Å². The van der Waals surface area contributed by atoms with Gasteiger partial charge in [0.15, 0.2) is 11.0 Å². The smallest absolute Gasteiger partial charge is 0.191 e. The largest absolute Gasteiger partial charge is 0.321 e. The van der Waals surface area contributed by atoms with Crippen LogP contribution in [-0.2, 0) is 12.3 Å². The summed E-state index contributed by atoms with van der Waals surface area (Å²) in [6.07, 6.45) is 0.801. The number of benzene rings is 2. The Hall–Kier alpha value is -2.18. The van der Waals surface area contributed by atoms with Crippen LogP contribution in [0.5, 0.6) is 0 Å². The van der Waals surface area contributed by atoms with E-state index >= 15 is 0 Å². The van der Waals surface area contributed by atoms with Crippen molar-refractivity contribution in [2.24, 2.45) is 5.73 Å². The number of nitrogens with two attached hydrogens (primary N) is 1. The van der Waals surface area contributed by atoms with Crippen molar-refractivity contribution < 1.29 is 4.39 Å². The fraction of sp³-hybridized carbons (Fsp3) is 0.263. The lowest BCUT2D eigenvalue weighted by molar-refractivity contribution is 0.578. The summed E-state index contributed by atoms with van der Waals surface area (Å²) in [5.74, 6) is 1.28. The number of thioether (sulfide) groups is 1. The van der Waals surface area contributed by atoms with Gasteiger partial charge in [-0.05, 0) is 29.7 Å². The van der Waals surface area contributed by atoms with E-state index in [9.17, 15) is 4.39 Å². The van der Waals surface area contributed by atoms with Crippen LogP contribution in [0.1, 0.15) is 36.3 Å². The molecule has 0 spiro atoms. The van der Waals surface area contributed by atoms with Gasteiger partial charge >= 0.3 is 0 Å². The molecule has 0 aliphatic heterocycles. The molecule has 4 nitrogen and oxygen atoms in total. The van der Waals surface area contributed by atoms with Gasteiger partial charge in [-0.15, -0.1) is 10.2 Å². The fourth-order valence-electron chi connectivity index (χ4n) is 2.51. The van der Waals surface area contributed by atoms with Crippen LogP contribution >= 0.6 is 11.8 Å². The lowest BCUT2D eigenvalue weighted by Gasteiger charge is -2.13. The van der Waals surface area contributed by atoms with E-state index in [2.05, 4.69) is 26.9 Å². The minimum atomic E-state index is -0.225. The zero-order valence-electron chi connectivity index (χ0n) is 14.1. The molecule has 0 aliphatic rings. The molecule has 1 heterocycles. The topological polar surface area (TPSA) is 56.7 Å². The fourth-order valence-corrected chi connectivity index (χ4v) is 3.41. The zero-order chi connectivity index (χ0) is 17.6. The predicted molar refractivity (Wildman–Crippen MR) is 98.7 cm³/mol. The maximum atomic E-state index is 13.0. The van der Waals surface area contributed by atoms with Gasteiger partial charge < -0.3 is 10.3 Å². The molecular formula is C19H21FN4S. The number of nitrogens with zero attached hydrogens (tertiary/aromatic N) is 3. The molecule has 0 bridgehead atoms. The highest BCUT2D eigenvalue weighted by Gasteiger charge is 2.17. The van der Waals surface area contributed by atoms with Crippen molar-refractivity contribution in [2.75, 3.05) is 0 Å². The lowest BCUT2D eigenvalue weighted by Crippen LogP contribution is -2.17. The summed E-state index contributed by atoms with van der Waals surface area (Å²) in [6.45, 7) is 2.72. The standard InChI is InChI=1S/C19H21FN4S/c1-2-17(21)18-22-23-19(24(18)12-14-6-4-3-5-7-14)25-13-15-8-10-16(20)11-9-15/h3-11,17H,2,12-13,21H2,1H3. The summed E-state index contributed by atoms with van der Waals surface area (Å²) in [7, 11) is 0. The minimum Gasteiger partial charge on any atom is -0.321 e. The molecule has 1 aromatic heterocycles. The Morgan fingerprint density at radius 3 is 2.44 bits per heavy atom. The van der Waals surface area contributed by atoms with Gasteiger partial charge in [-0.1, -0.05) is 61.2 Å². The third-order valence-electron chi connectivity index (χ3n) is 3.98. The van der Waals surface area contributed by atoms with E-state index in [0.717, 1.165) is 23.0 Å². The molecule has 0 fully saturated rings. The third-order valence-corrected chi connectivity index (χ3v) is 5.02. The Bertz CT molecular complexity index is 802. The number of hydrogen-bond acceptors (Lipinski definition) is 4. The Morgan fingerprint density at radius 1 is 1.04 bits per heavy atom. The molecule has 0 amide bonds. The summed E-state index contributed by atoms with van der Waals surface area (Å²) in [4.78, 5) is 0. The number of halogens is 1. The second kappa shape index (κ2) is 8.27. The molecule has 2 aromatic carbocycles. The van der Waals surface area contributed by atoms with Crippen LogP contribution in [0.3, 0.4) is 0 Å². The molecule has 3 rings (SSSR count). The van der Waals surface area contributed by atoms with Crippen LogP contribution < -0.4 is 5.73 Å². The number of rotatable bonds is 7. The van der Waals surface area contributed by atoms with Gasteiger partial charge in [-0.2, -0.15) is 0 Å². The van der Waals surface area contributed by atoms with Gasteiger partial charge in [0, 0.05) is 5.75 Å². The van der Waals surface area contributed by atoms with Crippen LogP contribution in [-0.4, -0.2) is 14.8 Å². The first-order chi connectivity index (χ1) is 12.2. The summed E-state index contributed by atoms with van der Waals surface area (Å²) in [5.41, 5.74) is 8.43. The van der Waals surface area contributed by atoms with Crippen molar-refractivity contribution in [1.82, 2.24) is 14.8 Å². The summed E-state index contributed by atoms with van der Waals surface area (Å²) in [5, 5.41) is 9.48. The maximum Gasteiger partial charge on any atom is 0.191 e. The molecule has 2 N–H and O–H groups in total. The molecule has 6 heteroatoms. The second-order valence-electron chi connectivity index (χ2n) is 5.84. The summed E-state index contributed by atoms with van der Waals surface area (Å²) < 4.78 is 15.1. The summed E-state index contributed by atoms with van der Waals surface area (Å²) in [6, 6.07) is 16.6. The van der Waals surface area contributed by atoms with E-state index in [-0.39, 0.29) is 11.9 Å². The Balaban J connectivity index is 1.82. The number of aromatic nitrogens is 3. The van der Waals surface area contributed by atoms with Gasteiger partial charge in [0.05, 0.1) is 12.6 Å². The van der Waals surface area contributed by atoms with Crippen molar-refractivity contribution in [3.8, 4) is 0 Å². The van der Waals surface area contributed by atoms with Crippen molar-refractivity contribution in [3.63, 3.8) is 0 Å². The average Bonchev–Trinajstić information content (AvgIpc) is 3.04. The first kappa shape index (κ1) is 17.6. The average molecular weight is 356 g/mol. The molecule has 3 aromatic rings. The van der Waals surface area contributed by atoms with E-state index in [1.165, 1.54) is 17.7 Å². The van der Waals surface area contributed by atoms with Crippen LogP contribution in [0, 0.1) is 5.82 Å². The quantitative estimate of drug-likeness (QED) is 0.646. The molecule has 1 unspecified atom stereocenters. The van der Waals surface area contributed by atoms with E-state index in [1.807, 2.05) is 25.1 Å². The molecule has 130 valence electrons. The van der Waals surface area contributed by atoms with Gasteiger partial charge in [0.25, 0.3) is 0 Å². The number of hydrogen-bond donors (Lipinski definition) is 1. The van der Waals surface area contributed by atoms with E-state index in [4.69, 9.17) is 5.73 Å². The molecule has 0 saturated heterocycles. The lowest BCUT2D eigenvalue weighted by atomic mass is 10.2. The molecule has 0 saturated carbocycles. The molecule has 0 radical (unpaired) electrons. The zero-order valence-corrected chi connectivity index (χ0v) is 14.9. The predicted octanol–water partition coefficient (Wildman–Crippen LogP) is 4.17. The molecular weight excluding hydrogens is 335 g/mol. The van der Waals surface area contributed by atoms with Gasteiger partial charge in [-0.3, -0.25) is 0 Å². The molecule has 0 aliphatic carbocycles. The first-order valence-corrected chi connectivity index (χ1v) is 9.25. The highest BCUT2D eigenvalue weighted by molar-refractivity contribution is 7.98. The highest BCUT2D eigenvalue weighted by Crippen LogP contribution is 2.25. The Kier molecular flexibility index (Phi) is 5.83. The van der Waals surface area contributed by atoms with Gasteiger partial charge in [0.1, 0.15) is 5.82 Å². The highest BCUT2D eigenvalue weighted by atomic mass is 32.2. The third kappa shape index (κ3) is 4.46. The van der Waals surface area contributed by atoms with E-state index in [1.54, 1.807) is 23.9 Å². The van der Waals surface area contributed by atoms with Crippen LogP contribution in [0.25, 0.3) is 0 Å². The van der Waals surface area contributed by atoms with E-state index in [0.29, 0.717) is 12.3 Å². The maximum absolute atomic E-state index is 13.0. The van der Waals surface area contributed by atoms with Crippen molar-refractivity contribution in [3.05, 3.63) is 77.4 Å². The van der Waals surface area contributed by atoms with Gasteiger partial charge in [0.2, 0.25) is 0 Å². The van der Waals surface area contributed by atoms with Crippen molar-refractivity contribution >= 4 is 11.8 Å². The monoisotopic (exact) mass is 356 g/mol. The SMILES string of the molecule is CCC(N)c1nnc(SCc2ccc(F)cc2)n1Cc1ccccc1. The Morgan fingerprint density at radius 2 is 1.76 bits per heavy atom. The molecule has 25 heavy (non-hydrogen) atoms. The van der Waals surface area contributed by atoms with Crippen molar-refractivity contribution in [2.45, 2.75) is 36.8 Å². The van der Waals surface area contributed by atoms with Crippen LogP contribution in [0.15, 0.2) is 59.8 Å². The van der Waals surface area contributed by atoms with Crippen LogP contribution in [0.4, 0.5) is 4.39 Å². The summed E-state index contributed by atoms with van der Waals surface area (Å²) >= 11 is 1.59. The minimum absolute atomic E-state index is 0.142. The Labute approximate surface area is 151 Å².